The van der Waals surface area contributed by atoms with E-state index in [0.717, 1.165) is 28.5 Å². The molecular weight excluding hydrogens is 408 g/mol. The van der Waals surface area contributed by atoms with E-state index in [2.05, 4.69) is 15.5 Å². The van der Waals surface area contributed by atoms with E-state index in [1.165, 1.54) is 11.8 Å². The van der Waals surface area contributed by atoms with Crippen LogP contribution in [0.3, 0.4) is 0 Å². The van der Waals surface area contributed by atoms with Crippen LogP contribution >= 0.6 is 11.8 Å². The van der Waals surface area contributed by atoms with Gasteiger partial charge >= 0.3 is 0 Å². The lowest BCUT2D eigenvalue weighted by atomic mass is 10.2. The van der Waals surface area contributed by atoms with Crippen molar-refractivity contribution in [1.29, 1.82) is 0 Å². The molecule has 156 valence electrons. The number of anilines is 1. The Morgan fingerprint density at radius 1 is 0.935 bits per heavy atom. The van der Waals surface area contributed by atoms with E-state index in [1.54, 1.807) is 0 Å². The van der Waals surface area contributed by atoms with Crippen LogP contribution in [0.4, 0.5) is 5.69 Å². The lowest BCUT2D eigenvalue weighted by Crippen LogP contribution is -2.14. The molecule has 0 aliphatic heterocycles. The quantitative estimate of drug-likeness (QED) is 0.396. The summed E-state index contributed by atoms with van der Waals surface area (Å²) in [5.74, 6) is 1.64. The molecule has 31 heavy (non-hydrogen) atoms. The number of amides is 1. The minimum absolute atomic E-state index is 0.0984. The zero-order valence-electron chi connectivity index (χ0n) is 17.1. The summed E-state index contributed by atoms with van der Waals surface area (Å²) in [6.45, 7) is 2.56. The molecule has 0 saturated carbocycles. The van der Waals surface area contributed by atoms with Crippen LogP contribution in [0.15, 0.2) is 90.1 Å². The van der Waals surface area contributed by atoms with Crippen molar-refractivity contribution in [2.75, 3.05) is 17.7 Å². The van der Waals surface area contributed by atoms with E-state index in [4.69, 9.17) is 4.74 Å². The normalized spacial score (nSPS) is 10.6. The number of nitrogens with one attached hydrogen (secondary N) is 1. The van der Waals surface area contributed by atoms with Crippen molar-refractivity contribution >= 4 is 23.4 Å². The van der Waals surface area contributed by atoms with Gasteiger partial charge in [0.25, 0.3) is 0 Å². The molecule has 0 fully saturated rings. The van der Waals surface area contributed by atoms with E-state index in [1.807, 2.05) is 96.4 Å². The zero-order chi connectivity index (χ0) is 21.5. The van der Waals surface area contributed by atoms with Crippen molar-refractivity contribution in [3.05, 3.63) is 84.9 Å². The highest BCUT2D eigenvalue weighted by molar-refractivity contribution is 7.99. The van der Waals surface area contributed by atoms with Crippen LogP contribution in [0.1, 0.15) is 6.92 Å². The van der Waals surface area contributed by atoms with Crippen LogP contribution < -0.4 is 10.1 Å². The zero-order valence-corrected chi connectivity index (χ0v) is 17.9. The number of para-hydroxylation sites is 1. The number of nitrogens with zero attached hydrogens (tertiary/aromatic N) is 3. The molecule has 1 aromatic heterocycles. The summed E-state index contributed by atoms with van der Waals surface area (Å²) in [6, 6.07) is 27.1. The van der Waals surface area contributed by atoms with Gasteiger partial charge in [-0.3, -0.25) is 9.36 Å². The predicted molar refractivity (Wildman–Crippen MR) is 124 cm³/mol. The Bertz CT molecular complexity index is 1130. The van der Waals surface area contributed by atoms with E-state index in [-0.39, 0.29) is 11.7 Å². The highest BCUT2D eigenvalue weighted by Crippen LogP contribution is 2.29. The number of ether oxygens (including phenoxy) is 1. The molecule has 0 aliphatic carbocycles. The number of aromatic nitrogens is 3. The molecule has 0 spiro atoms. The van der Waals surface area contributed by atoms with Crippen molar-refractivity contribution < 1.29 is 9.53 Å². The lowest BCUT2D eigenvalue weighted by molar-refractivity contribution is -0.113. The largest absolute Gasteiger partial charge is 0.494 e. The minimum atomic E-state index is -0.0984. The molecule has 0 unspecified atom stereocenters. The molecule has 1 heterocycles. The van der Waals surface area contributed by atoms with Gasteiger partial charge in [-0.05, 0) is 43.3 Å². The molecule has 4 aromatic rings. The average molecular weight is 431 g/mol. The van der Waals surface area contributed by atoms with E-state index >= 15 is 0 Å². The van der Waals surface area contributed by atoms with E-state index < -0.39 is 0 Å². The maximum Gasteiger partial charge on any atom is 0.234 e. The predicted octanol–water partition coefficient (Wildman–Crippen LogP) is 5.06. The Morgan fingerprint density at radius 2 is 1.61 bits per heavy atom. The molecular formula is C24H22N4O2S. The molecule has 6 nitrogen and oxygen atoms in total. The van der Waals surface area contributed by atoms with Gasteiger partial charge in [0.1, 0.15) is 5.75 Å². The first-order valence-corrected chi connectivity index (χ1v) is 10.9. The van der Waals surface area contributed by atoms with Gasteiger partial charge < -0.3 is 10.1 Å². The van der Waals surface area contributed by atoms with Crippen molar-refractivity contribution in [3.63, 3.8) is 0 Å². The van der Waals surface area contributed by atoms with Gasteiger partial charge in [-0.15, -0.1) is 10.2 Å². The fraction of sp³-hybridized carbons (Fsp3) is 0.125. The first-order chi connectivity index (χ1) is 15.2. The molecule has 0 bridgehead atoms. The van der Waals surface area contributed by atoms with Gasteiger partial charge in [0.15, 0.2) is 11.0 Å². The van der Waals surface area contributed by atoms with Crippen molar-refractivity contribution in [3.8, 4) is 22.8 Å². The van der Waals surface area contributed by atoms with Crippen molar-refractivity contribution in [2.24, 2.45) is 0 Å². The maximum atomic E-state index is 12.4. The number of carbonyl (C=O) groups excluding carboxylic acids is 1. The number of thioether (sulfide) groups is 1. The summed E-state index contributed by atoms with van der Waals surface area (Å²) in [4.78, 5) is 12.4. The van der Waals surface area contributed by atoms with Gasteiger partial charge in [0.05, 0.1) is 12.4 Å². The summed E-state index contributed by atoms with van der Waals surface area (Å²) in [5, 5.41) is 12.3. The summed E-state index contributed by atoms with van der Waals surface area (Å²) < 4.78 is 7.52. The SMILES string of the molecule is CCOc1ccc(-n2c(SCC(=O)Nc3ccccc3)nnc2-c2ccccc2)cc1. The second kappa shape index (κ2) is 9.95. The van der Waals surface area contributed by atoms with E-state index in [9.17, 15) is 4.79 Å². The van der Waals surface area contributed by atoms with Gasteiger partial charge in [0, 0.05) is 16.9 Å². The molecule has 3 aromatic carbocycles. The number of rotatable bonds is 8. The molecule has 0 atom stereocenters. The highest BCUT2D eigenvalue weighted by Gasteiger charge is 2.17. The molecule has 0 aliphatic rings. The third-order valence-electron chi connectivity index (χ3n) is 4.46. The molecule has 0 radical (unpaired) electrons. The molecule has 1 amide bonds. The van der Waals surface area contributed by atoms with Crippen LogP contribution in [-0.2, 0) is 4.79 Å². The molecule has 7 heteroatoms. The van der Waals surface area contributed by atoms with Crippen LogP contribution in [0, 0.1) is 0 Å². The highest BCUT2D eigenvalue weighted by atomic mass is 32.2. The summed E-state index contributed by atoms with van der Waals surface area (Å²) in [5.41, 5.74) is 2.62. The van der Waals surface area contributed by atoms with Gasteiger partial charge in [0.2, 0.25) is 5.91 Å². The number of hydrogen-bond donors (Lipinski definition) is 1. The summed E-state index contributed by atoms with van der Waals surface area (Å²) >= 11 is 1.35. The second-order valence-corrected chi connectivity index (χ2v) is 7.58. The summed E-state index contributed by atoms with van der Waals surface area (Å²) in [7, 11) is 0. The Kier molecular flexibility index (Phi) is 6.64. The lowest BCUT2D eigenvalue weighted by Gasteiger charge is -2.11. The monoisotopic (exact) mass is 430 g/mol. The maximum absolute atomic E-state index is 12.4. The Balaban J connectivity index is 1.60. The average Bonchev–Trinajstić information content (AvgIpc) is 3.24. The molecule has 1 N–H and O–H groups in total. The van der Waals surface area contributed by atoms with Gasteiger partial charge in [-0.25, -0.2) is 0 Å². The van der Waals surface area contributed by atoms with Gasteiger partial charge in [-0.2, -0.15) is 0 Å². The number of benzene rings is 3. The third kappa shape index (κ3) is 5.13. The van der Waals surface area contributed by atoms with E-state index in [0.29, 0.717) is 11.8 Å². The van der Waals surface area contributed by atoms with Gasteiger partial charge in [-0.1, -0.05) is 60.3 Å². The molecule has 0 saturated heterocycles. The number of hydrogen-bond acceptors (Lipinski definition) is 5. The molecule has 4 rings (SSSR count). The van der Waals surface area contributed by atoms with Crippen LogP contribution in [0.2, 0.25) is 0 Å². The fourth-order valence-corrected chi connectivity index (χ4v) is 3.83. The second-order valence-electron chi connectivity index (χ2n) is 6.64. The Labute approximate surface area is 185 Å². The van der Waals surface area contributed by atoms with Crippen LogP contribution in [0.5, 0.6) is 5.75 Å². The minimum Gasteiger partial charge on any atom is -0.494 e. The van der Waals surface area contributed by atoms with Crippen LogP contribution in [-0.4, -0.2) is 33.0 Å². The Hall–Kier alpha value is -3.58. The smallest absolute Gasteiger partial charge is 0.234 e. The fourth-order valence-electron chi connectivity index (χ4n) is 3.08. The topological polar surface area (TPSA) is 69.0 Å². The first-order valence-electron chi connectivity index (χ1n) is 9.96. The summed E-state index contributed by atoms with van der Waals surface area (Å²) in [6.07, 6.45) is 0. The number of carbonyl (C=O) groups is 1. The Morgan fingerprint density at radius 3 is 2.29 bits per heavy atom. The van der Waals surface area contributed by atoms with Crippen LogP contribution in [0.25, 0.3) is 17.1 Å². The standard InChI is InChI=1S/C24H22N4O2S/c1-2-30-21-15-13-20(14-16-21)28-23(18-9-5-3-6-10-18)26-27-24(28)31-17-22(29)25-19-11-7-4-8-12-19/h3-16H,2,17H2,1H3,(H,25,29). The van der Waals surface area contributed by atoms with Crippen molar-refractivity contribution in [2.45, 2.75) is 12.1 Å². The first kappa shape index (κ1) is 20.7. The third-order valence-corrected chi connectivity index (χ3v) is 5.39. The van der Waals surface area contributed by atoms with Crippen molar-refractivity contribution in [1.82, 2.24) is 14.8 Å².